The molecule has 448 valence electrons. The van der Waals surface area contributed by atoms with Crippen LogP contribution in [0.2, 0.25) is 5.02 Å². The van der Waals surface area contributed by atoms with Gasteiger partial charge in [-0.05, 0) is 81.2 Å². The Bertz CT molecular complexity index is 3380. The molecule has 0 aliphatic heterocycles. The topological polar surface area (TPSA) is 261 Å². The van der Waals surface area contributed by atoms with Crippen LogP contribution in [0.4, 0.5) is 54.5 Å². The molecule has 0 spiro atoms. The fourth-order valence-corrected chi connectivity index (χ4v) is 10.3. The van der Waals surface area contributed by atoms with Crippen LogP contribution in [-0.2, 0) is 86.7 Å². The number of phosphoric ester groups is 1. The van der Waals surface area contributed by atoms with Gasteiger partial charge in [-0.3, -0.25) is 28.1 Å². The van der Waals surface area contributed by atoms with Gasteiger partial charge in [0.15, 0.2) is 21.3 Å². The van der Waals surface area contributed by atoms with Crippen LogP contribution in [0.3, 0.4) is 0 Å². The predicted octanol–water partition coefficient (Wildman–Crippen LogP) is 8.25. The number of aromatic nitrogens is 5. The summed E-state index contributed by atoms with van der Waals surface area (Å²) in [4.78, 5) is 50.2. The van der Waals surface area contributed by atoms with E-state index in [1.54, 1.807) is 0 Å². The van der Waals surface area contributed by atoms with Crippen molar-refractivity contribution in [3.8, 4) is 11.1 Å². The van der Waals surface area contributed by atoms with E-state index in [1.165, 1.54) is 26.0 Å². The van der Waals surface area contributed by atoms with E-state index in [4.69, 9.17) is 40.6 Å². The molecule has 3 atom stereocenters. The van der Waals surface area contributed by atoms with Crippen molar-refractivity contribution in [2.45, 2.75) is 88.4 Å². The summed E-state index contributed by atoms with van der Waals surface area (Å²) in [6.07, 6.45) is -11.7. The highest BCUT2D eigenvalue weighted by molar-refractivity contribution is 7.92. The van der Waals surface area contributed by atoms with Crippen LogP contribution in [0, 0.1) is 17.6 Å². The molecule has 81 heavy (non-hydrogen) atoms. The summed E-state index contributed by atoms with van der Waals surface area (Å²) in [5.74, 6) is -6.54. The molecule has 2 amide bonds. The number of nitrogens with one attached hydrogen (secondary N) is 1. The molecule has 1 saturated carbocycles. The predicted molar refractivity (Wildman–Crippen MR) is 269 cm³/mol. The number of hydrogen-bond donors (Lipinski definition) is 3. The number of pyridine rings is 1. The number of benzene rings is 2. The summed E-state index contributed by atoms with van der Waals surface area (Å²) in [6.45, 7) is -5.19. The zero-order valence-electron chi connectivity index (χ0n) is 43.2. The van der Waals surface area contributed by atoms with Crippen LogP contribution in [0.25, 0.3) is 22.0 Å². The van der Waals surface area contributed by atoms with Crippen LogP contribution in [-0.4, -0.2) is 133 Å². The summed E-state index contributed by atoms with van der Waals surface area (Å²) >= 11 is 6.67. The lowest BCUT2D eigenvalue weighted by Gasteiger charge is -2.25. The van der Waals surface area contributed by atoms with Gasteiger partial charge in [0.05, 0.1) is 84.1 Å². The number of halogens is 11. The van der Waals surface area contributed by atoms with Gasteiger partial charge in [0, 0.05) is 34.7 Å². The largest absolute Gasteiger partial charge is 0.469 e. The molecule has 0 bridgehead atoms. The number of aryl methyl sites for hydroxylation is 1. The molecular formula is C47H53ClF10N7O13PS2. The smallest absolute Gasteiger partial charge is 0.446 e. The van der Waals surface area contributed by atoms with E-state index >= 15 is 0 Å². The zero-order chi connectivity index (χ0) is 60.2. The number of ether oxygens (including phenoxy) is 3. The number of phosphoric acid groups is 1. The van der Waals surface area contributed by atoms with E-state index < -0.39 is 178 Å². The third-order valence-corrected chi connectivity index (χ3v) is 16.8. The lowest BCUT2D eigenvalue weighted by atomic mass is 9.93. The number of fused-ring (bicyclic) bond motifs is 1. The van der Waals surface area contributed by atoms with Crippen molar-refractivity contribution in [1.29, 1.82) is 0 Å². The summed E-state index contributed by atoms with van der Waals surface area (Å²) in [6, 6.07) is 5.14. The summed E-state index contributed by atoms with van der Waals surface area (Å²) in [5.41, 5.74) is -4.76. The standard InChI is InChI=1S/C47H53ClF10N7O13PS2/c1-45(2,80(3,71)72)10-9-30-5-6-31(40(59-30)35(19-26-17-28(51)21-29(52)18-26)60-37(66)24-63-36(23-50)38(33-20-27(33)22-49)42(61-63)47(56,57)58)32-7-8-34(48)39-41(32)64(25-46(53,54)55)62-43(39)65(81(4,73)74)44(67)77-15-13-75-11-12-76-14-16-78-79(68,69)70/h5-8,17-18,21,27,33,35H,9-16,19-20,22-25H2,1-4H3,(H,60,66)(H2,68,69,70)/t27?,33-,35-/m0/s1. The number of carbonyl (C=O) groups is 2. The van der Waals surface area contributed by atoms with E-state index in [9.17, 15) is 74.9 Å². The third kappa shape index (κ3) is 16.9. The Morgan fingerprint density at radius 2 is 1.51 bits per heavy atom. The van der Waals surface area contributed by atoms with Gasteiger partial charge in [-0.25, -0.2) is 39.4 Å². The number of nitrogens with zero attached hydrogens (tertiary/aromatic N) is 6. The molecule has 34 heteroatoms. The van der Waals surface area contributed by atoms with E-state index in [0.29, 0.717) is 17.0 Å². The second-order valence-corrected chi connectivity index (χ2v) is 25.4. The Kier molecular flexibility index (Phi) is 20.4. The number of alkyl halides is 8. The molecule has 1 unspecified atom stereocenters. The number of rotatable bonds is 27. The first-order chi connectivity index (χ1) is 37.5. The fourth-order valence-electron chi connectivity index (χ4n) is 8.54. The minimum absolute atomic E-state index is 0.0400. The Morgan fingerprint density at radius 3 is 2.06 bits per heavy atom. The second kappa shape index (κ2) is 25.6. The number of anilines is 1. The molecule has 1 fully saturated rings. The molecule has 3 aromatic heterocycles. The first-order valence-corrected chi connectivity index (χ1v) is 29.7. The fraction of sp³-hybridized carbons (Fsp3) is 0.511. The van der Waals surface area contributed by atoms with Gasteiger partial charge in [-0.15, -0.1) is 0 Å². The zero-order valence-corrected chi connectivity index (χ0v) is 46.4. The van der Waals surface area contributed by atoms with Gasteiger partial charge < -0.3 is 29.3 Å². The molecular weight excluding hydrogens is 1190 g/mol. The van der Waals surface area contributed by atoms with Crippen molar-refractivity contribution in [3.63, 3.8) is 0 Å². The van der Waals surface area contributed by atoms with Crippen molar-refractivity contribution in [2.24, 2.45) is 5.92 Å². The number of hydrogen-bond acceptors (Lipinski definition) is 14. The van der Waals surface area contributed by atoms with Crippen LogP contribution in [0.1, 0.15) is 72.6 Å². The molecule has 1 aliphatic carbocycles. The Hall–Kier alpha value is -5.47. The minimum atomic E-state index is -5.20. The normalized spacial score (nSPS) is 15.8. The number of sulfonamides is 1. The number of carbonyl (C=O) groups excluding carboxylic acids is 2. The number of sulfone groups is 1. The van der Waals surface area contributed by atoms with Crippen molar-refractivity contribution in [2.75, 3.05) is 63.1 Å². The Labute approximate surface area is 461 Å². The van der Waals surface area contributed by atoms with E-state index in [2.05, 4.69) is 20.0 Å². The van der Waals surface area contributed by atoms with Gasteiger partial charge in [0.1, 0.15) is 38.0 Å². The van der Waals surface area contributed by atoms with Crippen molar-refractivity contribution < 1.29 is 103 Å². The quantitative estimate of drug-likeness (QED) is 0.0254. The van der Waals surface area contributed by atoms with Gasteiger partial charge >= 0.3 is 26.3 Å². The summed E-state index contributed by atoms with van der Waals surface area (Å²) in [5, 5.41) is 8.80. The van der Waals surface area contributed by atoms with Crippen molar-refractivity contribution in [1.82, 2.24) is 29.9 Å². The maximum Gasteiger partial charge on any atom is 0.469 e. The monoisotopic (exact) mass is 1240 g/mol. The molecule has 3 heterocycles. The maximum atomic E-state index is 14.9. The lowest BCUT2D eigenvalue weighted by Crippen LogP contribution is -2.37. The first-order valence-electron chi connectivity index (χ1n) is 24.0. The SMILES string of the molecule is CC(C)(CCc1ccc(-c2ccc(Cl)c3c(N(C(=O)OCCOCCOCCOP(=O)(O)O)S(C)(=O)=O)nn(CC(F)(F)F)c23)c([C@H](Cc2cc(F)cc(F)c2)NC(=O)Cn2nc(C(F)(F)F)c([C@H]3CC3CF)c2CF)n1)S(C)(=O)=O. The van der Waals surface area contributed by atoms with Crippen molar-refractivity contribution in [3.05, 3.63) is 93.0 Å². The van der Waals surface area contributed by atoms with Crippen LogP contribution < -0.4 is 9.62 Å². The average molecular weight is 1240 g/mol. The first kappa shape index (κ1) is 64.7. The van der Waals surface area contributed by atoms with Crippen LogP contribution in [0.5, 0.6) is 0 Å². The van der Waals surface area contributed by atoms with E-state index in [0.717, 1.165) is 30.5 Å². The second-order valence-electron chi connectivity index (χ2n) is 19.2. The highest BCUT2D eigenvalue weighted by Gasteiger charge is 2.49. The van der Waals surface area contributed by atoms with E-state index in [1.807, 2.05) is 0 Å². The summed E-state index contributed by atoms with van der Waals surface area (Å²) in [7, 11) is -13.4. The van der Waals surface area contributed by atoms with Crippen LogP contribution in [0.15, 0.2) is 42.5 Å². The Morgan fingerprint density at radius 1 is 0.889 bits per heavy atom. The third-order valence-electron chi connectivity index (χ3n) is 12.7. The minimum Gasteiger partial charge on any atom is -0.446 e. The summed E-state index contributed by atoms with van der Waals surface area (Å²) < 4.78 is 227. The molecule has 0 saturated heterocycles. The maximum absolute atomic E-state index is 14.9. The molecule has 1 aliphatic rings. The van der Waals surface area contributed by atoms with Gasteiger partial charge in [0.2, 0.25) is 15.9 Å². The molecule has 6 rings (SSSR count). The van der Waals surface area contributed by atoms with Gasteiger partial charge in [-0.2, -0.15) is 40.8 Å². The molecule has 2 aromatic carbocycles. The molecule has 3 N–H and O–H groups in total. The van der Waals surface area contributed by atoms with Crippen LogP contribution >= 0.6 is 19.4 Å². The highest BCUT2D eigenvalue weighted by Crippen LogP contribution is 2.52. The van der Waals surface area contributed by atoms with Crippen molar-refractivity contribution >= 4 is 68.0 Å². The Balaban J connectivity index is 1.49. The molecule has 20 nitrogen and oxygen atoms in total. The number of amides is 2. The van der Waals surface area contributed by atoms with Gasteiger partial charge in [0.25, 0.3) is 0 Å². The highest BCUT2D eigenvalue weighted by atomic mass is 35.5. The average Bonchev–Trinajstić information content (AvgIpc) is 4.17. The van der Waals surface area contributed by atoms with Gasteiger partial charge in [-0.1, -0.05) is 23.7 Å². The van der Waals surface area contributed by atoms with E-state index in [-0.39, 0.29) is 76.1 Å². The molecule has 5 aromatic rings. The molecule has 0 radical (unpaired) electrons. The lowest BCUT2D eigenvalue weighted by molar-refractivity contribution is -0.142.